The molecule has 0 amide bonds. The van der Waals surface area contributed by atoms with Gasteiger partial charge in [0.15, 0.2) is 11.6 Å². The number of nitrogens with zero attached hydrogens (tertiary/aromatic N) is 6. The second kappa shape index (κ2) is 6.50. The largest absolute Gasteiger partial charge is 0.342 e. The highest BCUT2D eigenvalue weighted by Gasteiger charge is 2.16. The summed E-state index contributed by atoms with van der Waals surface area (Å²) in [6.45, 7) is 0. The van der Waals surface area contributed by atoms with E-state index in [0.717, 1.165) is 11.1 Å². The molecule has 3 N–H and O–H groups in total. The minimum Gasteiger partial charge on any atom is -0.342 e. The van der Waals surface area contributed by atoms with E-state index in [0.29, 0.717) is 22.4 Å². The summed E-state index contributed by atoms with van der Waals surface area (Å²) in [5.41, 5.74) is 3.45. The van der Waals surface area contributed by atoms with Crippen LogP contribution in [0.25, 0.3) is 33.5 Å². The Hall–Kier alpha value is -4.21. The molecule has 3 aromatic heterocycles. The van der Waals surface area contributed by atoms with E-state index in [1.165, 1.54) is 6.33 Å². The maximum absolute atomic E-state index is 15.0. The van der Waals surface area contributed by atoms with Crippen LogP contribution in [0.3, 0.4) is 0 Å². The van der Waals surface area contributed by atoms with Gasteiger partial charge in [0.1, 0.15) is 5.52 Å². The number of hydrogen-bond donors (Lipinski definition) is 3. The molecular formula is C18H12FN9. The summed E-state index contributed by atoms with van der Waals surface area (Å²) in [6, 6.07) is 11.4. The average Bonchev–Trinajstić information content (AvgIpc) is 3.44. The first-order chi connectivity index (χ1) is 13.8. The predicted octanol–water partition coefficient (Wildman–Crippen LogP) is 3.08. The van der Waals surface area contributed by atoms with E-state index in [4.69, 9.17) is 0 Å². The topological polar surface area (TPSA) is 121 Å². The summed E-state index contributed by atoms with van der Waals surface area (Å²) in [5, 5.41) is 16.4. The number of tetrazole rings is 1. The number of anilines is 2. The number of rotatable bonds is 4. The number of halogens is 1. The van der Waals surface area contributed by atoms with Gasteiger partial charge in [0.05, 0.1) is 23.1 Å². The van der Waals surface area contributed by atoms with Crippen molar-refractivity contribution in [2.45, 2.75) is 0 Å². The lowest BCUT2D eigenvalue weighted by Gasteiger charge is -2.10. The maximum atomic E-state index is 15.0. The lowest BCUT2D eigenvalue weighted by molar-refractivity contribution is 0.641. The molecule has 2 aromatic carbocycles. The first-order valence-electron chi connectivity index (χ1n) is 8.34. The van der Waals surface area contributed by atoms with Crippen molar-refractivity contribution in [3.8, 4) is 22.5 Å². The Kier molecular flexibility index (Phi) is 3.72. The van der Waals surface area contributed by atoms with Gasteiger partial charge in [-0.3, -0.25) is 0 Å². The van der Waals surface area contributed by atoms with Gasteiger partial charge in [-0.15, -0.1) is 5.10 Å². The summed E-state index contributed by atoms with van der Waals surface area (Å²) in [6.07, 6.45) is 4.56. The molecule has 9 nitrogen and oxygen atoms in total. The van der Waals surface area contributed by atoms with Gasteiger partial charge in [-0.25, -0.2) is 24.4 Å². The third kappa shape index (κ3) is 2.72. The number of aromatic nitrogens is 8. The number of imidazole rings is 1. The molecule has 0 unspecified atom stereocenters. The molecule has 0 atom stereocenters. The van der Waals surface area contributed by atoms with Gasteiger partial charge in [-0.1, -0.05) is 30.3 Å². The Bertz CT molecular complexity index is 1230. The monoisotopic (exact) mass is 373 g/mol. The number of benzene rings is 2. The van der Waals surface area contributed by atoms with Gasteiger partial charge in [0.25, 0.3) is 0 Å². The highest BCUT2D eigenvalue weighted by atomic mass is 19.1. The molecule has 0 radical (unpaired) electrons. The molecule has 5 aromatic rings. The van der Waals surface area contributed by atoms with Crippen molar-refractivity contribution in [1.82, 2.24) is 40.6 Å². The Balaban J connectivity index is 1.55. The Morgan fingerprint density at radius 1 is 0.964 bits per heavy atom. The minimum absolute atomic E-state index is 0.240. The van der Waals surface area contributed by atoms with Crippen LogP contribution in [0.1, 0.15) is 0 Å². The van der Waals surface area contributed by atoms with Crippen molar-refractivity contribution in [1.29, 1.82) is 0 Å². The molecule has 0 bridgehead atoms. The lowest BCUT2D eigenvalue weighted by Crippen LogP contribution is -2.01. The predicted molar refractivity (Wildman–Crippen MR) is 100.0 cm³/mol. The van der Waals surface area contributed by atoms with Crippen LogP contribution < -0.4 is 5.32 Å². The van der Waals surface area contributed by atoms with E-state index in [2.05, 4.69) is 45.9 Å². The van der Waals surface area contributed by atoms with Crippen molar-refractivity contribution in [3.05, 3.63) is 60.9 Å². The molecule has 0 saturated carbocycles. The van der Waals surface area contributed by atoms with Crippen molar-refractivity contribution < 1.29 is 4.39 Å². The van der Waals surface area contributed by atoms with Crippen molar-refractivity contribution in [2.24, 2.45) is 0 Å². The van der Waals surface area contributed by atoms with Gasteiger partial charge in [-0.2, -0.15) is 0 Å². The van der Waals surface area contributed by atoms with Crippen LogP contribution in [0.15, 0.2) is 55.1 Å². The van der Waals surface area contributed by atoms with E-state index < -0.39 is 5.82 Å². The second-order valence-corrected chi connectivity index (χ2v) is 5.95. The van der Waals surface area contributed by atoms with E-state index in [1.807, 2.05) is 30.3 Å². The Morgan fingerprint density at radius 3 is 2.54 bits per heavy atom. The summed E-state index contributed by atoms with van der Waals surface area (Å²) >= 11 is 0. The Labute approximate surface area is 157 Å². The quantitative estimate of drug-likeness (QED) is 0.442. The average molecular weight is 373 g/mol. The van der Waals surface area contributed by atoms with Crippen molar-refractivity contribution >= 4 is 22.7 Å². The third-order valence-corrected chi connectivity index (χ3v) is 4.24. The molecule has 28 heavy (non-hydrogen) atoms. The molecule has 5 rings (SSSR count). The molecule has 0 aliphatic heterocycles. The zero-order valence-corrected chi connectivity index (χ0v) is 14.3. The fraction of sp³-hybridized carbons (Fsp3) is 0. The molecule has 0 aliphatic carbocycles. The zero-order chi connectivity index (χ0) is 18.9. The molecule has 10 heteroatoms. The van der Waals surface area contributed by atoms with Crippen LogP contribution in [0.2, 0.25) is 0 Å². The molecule has 0 fully saturated rings. The summed E-state index contributed by atoms with van der Waals surface area (Å²) in [5.74, 6) is 0.232. The maximum Gasteiger partial charge on any atom is 0.227 e. The van der Waals surface area contributed by atoms with Crippen molar-refractivity contribution in [3.63, 3.8) is 0 Å². The number of fused-ring (bicyclic) bond motifs is 1. The van der Waals surface area contributed by atoms with Crippen LogP contribution in [0, 0.1) is 5.82 Å². The van der Waals surface area contributed by atoms with Gasteiger partial charge in [0, 0.05) is 18.0 Å². The van der Waals surface area contributed by atoms with E-state index in [-0.39, 0.29) is 11.6 Å². The molecule has 3 heterocycles. The highest BCUT2D eigenvalue weighted by Crippen LogP contribution is 2.33. The van der Waals surface area contributed by atoms with Crippen molar-refractivity contribution in [2.75, 3.05) is 5.32 Å². The van der Waals surface area contributed by atoms with Gasteiger partial charge >= 0.3 is 0 Å². The number of H-pyrrole nitrogens is 2. The van der Waals surface area contributed by atoms with E-state index in [1.54, 1.807) is 18.5 Å². The molecule has 0 aliphatic rings. The third-order valence-electron chi connectivity index (χ3n) is 4.24. The standard InChI is InChI=1S/C18H12FN9/c19-14-13(24-18-20-7-11(8-21-18)17-25-27-28-26-17)6-12(10-4-2-1-3-5-10)15-16(14)23-9-22-15/h1-9H,(H,22,23)(H,20,21,24)(H,25,26,27,28). The second-order valence-electron chi connectivity index (χ2n) is 5.95. The van der Waals surface area contributed by atoms with Gasteiger partial charge < -0.3 is 10.3 Å². The Morgan fingerprint density at radius 2 is 1.79 bits per heavy atom. The molecule has 0 saturated heterocycles. The summed E-state index contributed by atoms with van der Waals surface area (Å²) in [7, 11) is 0. The van der Waals surface area contributed by atoms with E-state index >= 15 is 0 Å². The SMILES string of the molecule is Fc1c(Nc2ncc(-c3nnn[nH]3)cn2)cc(-c2ccccc2)c2nc[nH]c12. The lowest BCUT2D eigenvalue weighted by atomic mass is 10.0. The first kappa shape index (κ1) is 16.0. The van der Waals surface area contributed by atoms with Crippen LogP contribution >= 0.6 is 0 Å². The fourth-order valence-corrected chi connectivity index (χ4v) is 2.92. The fourth-order valence-electron chi connectivity index (χ4n) is 2.92. The minimum atomic E-state index is -0.459. The summed E-state index contributed by atoms with van der Waals surface area (Å²) < 4.78 is 15.0. The van der Waals surface area contributed by atoms with Crippen LogP contribution in [0.5, 0.6) is 0 Å². The van der Waals surface area contributed by atoms with Crippen LogP contribution in [-0.4, -0.2) is 40.6 Å². The summed E-state index contributed by atoms with van der Waals surface area (Å²) in [4.78, 5) is 15.5. The number of hydrogen-bond acceptors (Lipinski definition) is 7. The molecule has 136 valence electrons. The number of nitrogens with one attached hydrogen (secondary N) is 3. The van der Waals surface area contributed by atoms with Gasteiger partial charge in [0.2, 0.25) is 5.95 Å². The first-order valence-corrected chi connectivity index (χ1v) is 8.34. The highest BCUT2D eigenvalue weighted by molar-refractivity contribution is 5.95. The zero-order valence-electron chi connectivity index (χ0n) is 14.3. The van der Waals surface area contributed by atoms with E-state index in [9.17, 15) is 4.39 Å². The van der Waals surface area contributed by atoms with Gasteiger partial charge in [-0.05, 0) is 22.1 Å². The normalized spacial score (nSPS) is 11.0. The van der Waals surface area contributed by atoms with Crippen LogP contribution in [0.4, 0.5) is 16.0 Å². The smallest absolute Gasteiger partial charge is 0.227 e. The van der Waals surface area contributed by atoms with Crippen LogP contribution in [-0.2, 0) is 0 Å². The molecule has 0 spiro atoms. The molecular weight excluding hydrogens is 361 g/mol. The number of aromatic amines is 2.